The molecule has 0 aliphatic carbocycles. The topological polar surface area (TPSA) is 71.5 Å². The van der Waals surface area contributed by atoms with Crippen molar-refractivity contribution in [1.82, 2.24) is 4.98 Å². The molecule has 2 heterocycles. The van der Waals surface area contributed by atoms with E-state index in [4.69, 9.17) is 4.74 Å². The van der Waals surface area contributed by atoms with E-state index < -0.39 is 11.8 Å². The summed E-state index contributed by atoms with van der Waals surface area (Å²) in [7, 11) is 1.24. The maximum absolute atomic E-state index is 13.5. The highest BCUT2D eigenvalue weighted by molar-refractivity contribution is 7.80. The summed E-state index contributed by atoms with van der Waals surface area (Å²) >= 11 is 5.10. The molecule has 0 amide bonds. The van der Waals surface area contributed by atoms with Crippen molar-refractivity contribution in [3.63, 3.8) is 0 Å². The molecule has 1 N–H and O–H groups in total. The molecular formula is C14H9FN2O3S2. The summed E-state index contributed by atoms with van der Waals surface area (Å²) < 4.78 is 18.2. The van der Waals surface area contributed by atoms with Gasteiger partial charge < -0.3 is 9.72 Å². The molecule has 0 saturated carbocycles. The maximum atomic E-state index is 13.5. The predicted molar refractivity (Wildman–Crippen MR) is 85.6 cm³/mol. The van der Waals surface area contributed by atoms with Crippen LogP contribution in [0.3, 0.4) is 0 Å². The molecule has 0 radical (unpaired) electrons. The Hall–Kier alpha value is -2.19. The molecule has 1 aromatic heterocycles. The minimum atomic E-state index is -0.633. The molecule has 8 heteroatoms. The second-order valence-corrected chi connectivity index (χ2v) is 5.86. The van der Waals surface area contributed by atoms with Crippen LogP contribution in [-0.2, 0) is 9.53 Å². The Labute approximate surface area is 133 Å². The first-order valence-electron chi connectivity index (χ1n) is 6.10. The standard InChI is InChI=1S/C14H9FN2O3S2/c1-20-13(18)11-8(5-10-12(21)17-14(19)22-10)7-4-6(15)2-3-9(7)16-11/h2-5,21H,1H3,(H,17,19)/b8-5-. The number of rotatable bonds is 2. The number of carbonyl (C=O) groups is 1. The lowest BCUT2D eigenvalue weighted by Gasteiger charge is -2.03. The molecule has 3 rings (SSSR count). The van der Waals surface area contributed by atoms with Crippen molar-refractivity contribution in [3.05, 3.63) is 44.1 Å². The van der Waals surface area contributed by atoms with Crippen LogP contribution in [0.15, 0.2) is 33.0 Å². The van der Waals surface area contributed by atoms with Gasteiger partial charge in [-0.3, -0.25) is 4.79 Å². The minimum absolute atomic E-state index is 0.0664. The zero-order valence-electron chi connectivity index (χ0n) is 11.2. The van der Waals surface area contributed by atoms with Gasteiger partial charge in [0.05, 0.1) is 22.7 Å². The van der Waals surface area contributed by atoms with E-state index in [-0.39, 0.29) is 10.6 Å². The average molecular weight is 336 g/mol. The number of hydrogen-bond acceptors (Lipinski definition) is 6. The van der Waals surface area contributed by atoms with Crippen molar-refractivity contribution in [2.24, 2.45) is 4.99 Å². The van der Waals surface area contributed by atoms with Crippen molar-refractivity contribution in [2.75, 3.05) is 7.11 Å². The second-order valence-electron chi connectivity index (χ2n) is 4.40. The molecule has 1 aliphatic rings. The Morgan fingerprint density at radius 3 is 2.91 bits per heavy atom. The fourth-order valence-corrected chi connectivity index (χ4v) is 3.14. The number of thiazole rings is 1. The number of thiol groups is 1. The number of benzene rings is 1. The molecule has 0 spiro atoms. The summed E-state index contributed by atoms with van der Waals surface area (Å²) in [6, 6.07) is 4.03. The molecular weight excluding hydrogens is 327 g/mol. The Morgan fingerprint density at radius 2 is 2.27 bits per heavy atom. The quantitative estimate of drug-likeness (QED) is 0.654. The Kier molecular flexibility index (Phi) is 3.71. The van der Waals surface area contributed by atoms with Crippen LogP contribution in [0, 0.1) is 5.82 Å². The molecule has 0 unspecified atom stereocenters. The van der Waals surface area contributed by atoms with E-state index in [9.17, 15) is 14.0 Å². The summed E-state index contributed by atoms with van der Waals surface area (Å²) in [5, 5.41) is 0.372. The first-order valence-corrected chi connectivity index (χ1v) is 7.37. The fraction of sp³-hybridized carbons (Fsp3) is 0.0714. The number of esters is 1. The molecule has 22 heavy (non-hydrogen) atoms. The number of nitrogens with zero attached hydrogens (tertiary/aromatic N) is 1. The first kappa shape index (κ1) is 14.7. The van der Waals surface area contributed by atoms with Crippen molar-refractivity contribution in [1.29, 1.82) is 0 Å². The van der Waals surface area contributed by atoms with Gasteiger partial charge in [-0.1, -0.05) is 11.3 Å². The van der Waals surface area contributed by atoms with Crippen molar-refractivity contribution >= 4 is 53.0 Å². The molecule has 0 atom stereocenters. The lowest BCUT2D eigenvalue weighted by Crippen LogP contribution is -2.14. The third kappa shape index (κ3) is 2.51. The number of hydrogen-bond donors (Lipinski definition) is 2. The number of aromatic nitrogens is 1. The predicted octanol–water partition coefficient (Wildman–Crippen LogP) is 2.66. The van der Waals surface area contributed by atoms with E-state index in [0.717, 1.165) is 11.3 Å². The number of carbonyl (C=O) groups excluding carboxylic acids is 1. The van der Waals surface area contributed by atoms with Crippen LogP contribution in [0.5, 0.6) is 0 Å². The number of nitrogens with one attached hydrogen (secondary N) is 1. The summed E-state index contributed by atoms with van der Waals surface area (Å²) in [6.07, 6.45) is 1.58. The van der Waals surface area contributed by atoms with E-state index in [1.807, 2.05) is 0 Å². The smallest absolute Gasteiger partial charge is 0.357 e. The van der Waals surface area contributed by atoms with Gasteiger partial charge in [-0.15, -0.1) is 12.6 Å². The van der Waals surface area contributed by atoms with E-state index in [1.165, 1.54) is 25.3 Å². The van der Waals surface area contributed by atoms with Gasteiger partial charge in [0.2, 0.25) is 0 Å². The summed E-state index contributed by atoms with van der Waals surface area (Å²) in [6.45, 7) is 0. The number of aromatic amines is 1. The third-order valence-corrected chi connectivity index (χ3v) is 4.38. The third-order valence-electron chi connectivity index (χ3n) is 3.05. The Morgan fingerprint density at radius 1 is 1.50 bits per heavy atom. The van der Waals surface area contributed by atoms with E-state index >= 15 is 0 Å². The minimum Gasteiger partial charge on any atom is -0.464 e. The summed E-state index contributed by atoms with van der Waals surface area (Å²) in [5.41, 5.74) is 1.40. The zero-order chi connectivity index (χ0) is 15.9. The van der Waals surface area contributed by atoms with Crippen LogP contribution in [0.1, 0.15) is 10.4 Å². The fourth-order valence-electron chi connectivity index (χ4n) is 2.09. The highest BCUT2D eigenvalue weighted by Gasteiger charge is 2.28. The second kappa shape index (κ2) is 5.54. The van der Waals surface area contributed by atoms with Crippen LogP contribution in [-0.4, -0.2) is 23.8 Å². The van der Waals surface area contributed by atoms with Gasteiger partial charge in [0.15, 0.2) is 5.71 Å². The number of halogens is 1. The van der Waals surface area contributed by atoms with Gasteiger partial charge in [0.25, 0.3) is 0 Å². The van der Waals surface area contributed by atoms with Crippen LogP contribution < -0.4 is 4.87 Å². The van der Waals surface area contributed by atoms with Gasteiger partial charge >= 0.3 is 10.8 Å². The van der Waals surface area contributed by atoms with Crippen molar-refractivity contribution in [2.45, 2.75) is 5.03 Å². The molecule has 2 aromatic rings. The highest BCUT2D eigenvalue weighted by Crippen LogP contribution is 2.37. The monoisotopic (exact) mass is 336 g/mol. The van der Waals surface area contributed by atoms with E-state index in [2.05, 4.69) is 22.6 Å². The van der Waals surface area contributed by atoms with Gasteiger partial charge in [-0.05, 0) is 24.3 Å². The van der Waals surface area contributed by atoms with Gasteiger partial charge in [0, 0.05) is 11.1 Å². The molecule has 112 valence electrons. The van der Waals surface area contributed by atoms with Crippen molar-refractivity contribution in [3.8, 4) is 0 Å². The number of H-pyrrole nitrogens is 1. The molecule has 0 saturated heterocycles. The molecule has 5 nitrogen and oxygen atoms in total. The number of ether oxygens (including phenoxy) is 1. The van der Waals surface area contributed by atoms with E-state index in [0.29, 0.717) is 26.7 Å². The van der Waals surface area contributed by atoms with Crippen LogP contribution in [0.2, 0.25) is 0 Å². The lowest BCUT2D eigenvalue weighted by molar-refractivity contribution is -0.132. The molecule has 0 bridgehead atoms. The van der Waals surface area contributed by atoms with Crippen LogP contribution >= 0.6 is 24.0 Å². The highest BCUT2D eigenvalue weighted by atomic mass is 32.1. The normalized spacial score (nSPS) is 14.9. The zero-order valence-corrected chi connectivity index (χ0v) is 12.9. The van der Waals surface area contributed by atoms with Crippen LogP contribution in [0.25, 0.3) is 11.6 Å². The van der Waals surface area contributed by atoms with E-state index in [1.54, 1.807) is 6.08 Å². The number of fused-ring (bicyclic) bond motifs is 1. The summed E-state index contributed by atoms with van der Waals surface area (Å²) in [5.74, 6) is -1.08. The lowest BCUT2D eigenvalue weighted by atomic mass is 10.0. The number of methoxy groups -OCH3 is 1. The first-order chi connectivity index (χ1) is 10.5. The largest absolute Gasteiger partial charge is 0.464 e. The van der Waals surface area contributed by atoms with Gasteiger partial charge in [-0.25, -0.2) is 14.2 Å². The SMILES string of the molecule is COC(=O)C1=Nc2ccc(F)cc2/C1=C/c1sc(=O)[nH]c1S. The van der Waals surface area contributed by atoms with Crippen LogP contribution in [0.4, 0.5) is 10.1 Å². The van der Waals surface area contributed by atoms with Crippen molar-refractivity contribution < 1.29 is 13.9 Å². The molecule has 1 aliphatic heterocycles. The molecule has 0 fully saturated rings. The Bertz CT molecular complexity index is 896. The molecule has 1 aromatic carbocycles. The maximum Gasteiger partial charge on any atom is 0.357 e. The van der Waals surface area contributed by atoms with Gasteiger partial charge in [-0.2, -0.15) is 0 Å². The number of aliphatic imine (C=N–C) groups is 1. The average Bonchev–Trinajstić information content (AvgIpc) is 2.99. The Balaban J connectivity index is 2.20. The summed E-state index contributed by atoms with van der Waals surface area (Å²) in [4.78, 5) is 30.2. The van der Waals surface area contributed by atoms with Gasteiger partial charge in [0.1, 0.15) is 5.82 Å².